The summed E-state index contributed by atoms with van der Waals surface area (Å²) in [5.41, 5.74) is -1.10. The molecular formula is C22H25F6N7O. The third-order valence-corrected chi connectivity index (χ3v) is 7.12. The molecule has 2 aromatic heterocycles. The summed E-state index contributed by atoms with van der Waals surface area (Å²) in [6.45, 7) is 3.45. The molecule has 0 aromatic carbocycles. The molecule has 36 heavy (non-hydrogen) atoms. The zero-order chi connectivity index (χ0) is 25.7. The van der Waals surface area contributed by atoms with Gasteiger partial charge >= 0.3 is 12.4 Å². The summed E-state index contributed by atoms with van der Waals surface area (Å²) < 4.78 is 83.1. The van der Waals surface area contributed by atoms with Crippen LogP contribution in [0.15, 0.2) is 12.5 Å². The lowest BCUT2D eigenvalue weighted by molar-refractivity contribution is -0.156. The highest BCUT2D eigenvalue weighted by molar-refractivity contribution is 5.94. The number of carbonyl (C=O) groups is 1. The molecule has 0 spiro atoms. The molecule has 3 aliphatic heterocycles. The lowest BCUT2D eigenvalue weighted by atomic mass is 9.90. The highest BCUT2D eigenvalue weighted by Crippen LogP contribution is 2.46. The van der Waals surface area contributed by atoms with Crippen molar-refractivity contribution < 1.29 is 31.1 Å². The average molecular weight is 517 g/mol. The lowest BCUT2D eigenvalue weighted by Crippen LogP contribution is -2.40. The first kappa shape index (κ1) is 24.8. The Morgan fingerprint density at radius 3 is 2.33 bits per heavy atom. The predicted molar refractivity (Wildman–Crippen MR) is 117 cm³/mol. The van der Waals surface area contributed by atoms with E-state index in [0.717, 1.165) is 32.0 Å². The van der Waals surface area contributed by atoms with Gasteiger partial charge in [0.2, 0.25) is 5.91 Å². The van der Waals surface area contributed by atoms with Crippen LogP contribution in [0.1, 0.15) is 54.6 Å². The Morgan fingerprint density at radius 1 is 1.00 bits per heavy atom. The number of likely N-dealkylation sites (tertiary alicyclic amines) is 1. The van der Waals surface area contributed by atoms with Crippen molar-refractivity contribution in [2.24, 2.45) is 0 Å². The summed E-state index contributed by atoms with van der Waals surface area (Å²) in [6.07, 6.45) is -5.92. The van der Waals surface area contributed by atoms with Crippen molar-refractivity contribution in [2.45, 2.75) is 56.4 Å². The SMILES string of the molecule is O=C1C[C@@H](C(F)(F)F)c2c(ncnc2N2CCC(c3nc(C(F)(F)F)cn3CCN3CCC3)CC2)N1. The fourth-order valence-electron chi connectivity index (χ4n) is 5.08. The van der Waals surface area contributed by atoms with Gasteiger partial charge in [0, 0.05) is 44.7 Å². The maximum atomic E-state index is 13.8. The van der Waals surface area contributed by atoms with Crippen LogP contribution in [0.4, 0.5) is 38.0 Å². The quantitative estimate of drug-likeness (QED) is 0.609. The Labute approximate surface area is 202 Å². The van der Waals surface area contributed by atoms with E-state index < -0.39 is 36.3 Å². The fraction of sp³-hybridized carbons (Fsp3) is 0.636. The number of rotatable bonds is 5. The van der Waals surface area contributed by atoms with E-state index in [1.165, 1.54) is 0 Å². The molecule has 1 N–H and O–H groups in total. The molecule has 2 fully saturated rings. The van der Waals surface area contributed by atoms with Gasteiger partial charge in [0.25, 0.3) is 0 Å². The lowest BCUT2D eigenvalue weighted by Gasteiger charge is -2.36. The van der Waals surface area contributed by atoms with Crippen LogP contribution in [0.2, 0.25) is 0 Å². The van der Waals surface area contributed by atoms with Gasteiger partial charge in [-0.1, -0.05) is 0 Å². The zero-order valence-electron chi connectivity index (χ0n) is 19.2. The molecule has 14 heteroatoms. The highest BCUT2D eigenvalue weighted by Gasteiger charge is 2.48. The molecule has 3 aliphatic rings. The predicted octanol–water partition coefficient (Wildman–Crippen LogP) is 3.77. The van der Waals surface area contributed by atoms with Crippen LogP contribution in [-0.4, -0.2) is 69.2 Å². The van der Waals surface area contributed by atoms with Gasteiger partial charge in [-0.05, 0) is 32.4 Å². The Kier molecular flexibility index (Phi) is 6.33. The number of hydrogen-bond acceptors (Lipinski definition) is 6. The van der Waals surface area contributed by atoms with Crippen LogP contribution in [-0.2, 0) is 17.5 Å². The molecule has 2 aromatic rings. The minimum Gasteiger partial charge on any atom is -0.356 e. The number of fused-ring (bicyclic) bond motifs is 1. The number of nitrogens with one attached hydrogen (secondary N) is 1. The van der Waals surface area contributed by atoms with Gasteiger partial charge in [0.15, 0.2) is 5.69 Å². The minimum absolute atomic E-state index is 0.0953. The smallest absolute Gasteiger partial charge is 0.356 e. The Bertz CT molecular complexity index is 1120. The second-order valence-electron chi connectivity index (χ2n) is 9.44. The summed E-state index contributed by atoms with van der Waals surface area (Å²) in [4.78, 5) is 27.5. The van der Waals surface area contributed by atoms with Crippen molar-refractivity contribution in [1.82, 2.24) is 24.4 Å². The average Bonchev–Trinajstić information content (AvgIpc) is 3.21. The van der Waals surface area contributed by atoms with Crippen molar-refractivity contribution in [1.29, 1.82) is 0 Å². The van der Waals surface area contributed by atoms with Crippen LogP contribution in [0.25, 0.3) is 0 Å². The maximum absolute atomic E-state index is 13.8. The molecule has 5 rings (SSSR count). The maximum Gasteiger partial charge on any atom is 0.434 e. The van der Waals surface area contributed by atoms with Crippen molar-refractivity contribution >= 4 is 17.5 Å². The van der Waals surface area contributed by atoms with Crippen LogP contribution in [0, 0.1) is 0 Å². The van der Waals surface area contributed by atoms with E-state index in [-0.39, 0.29) is 36.2 Å². The van der Waals surface area contributed by atoms with Crippen LogP contribution in [0.5, 0.6) is 0 Å². The summed E-state index contributed by atoms with van der Waals surface area (Å²) in [5, 5.41) is 2.39. The van der Waals surface area contributed by atoms with E-state index in [4.69, 9.17) is 0 Å². The Balaban J connectivity index is 1.36. The van der Waals surface area contributed by atoms with Gasteiger partial charge in [0.05, 0.1) is 11.5 Å². The number of piperidine rings is 1. The molecular weight excluding hydrogens is 492 g/mol. The van der Waals surface area contributed by atoms with Crippen LogP contribution in [0.3, 0.4) is 0 Å². The molecule has 0 aliphatic carbocycles. The standard InChI is InChI=1S/C22H25F6N7O/c23-21(24,25)14-10-16(36)32-18-17(14)20(30-12-29-18)34-6-2-13(3-7-34)19-31-15(22(26,27)28)11-35(19)9-8-33-4-1-5-33/h11-14H,1-10H2,(H,29,30,32,36)/t14-/m1/s1. The summed E-state index contributed by atoms with van der Waals surface area (Å²) in [7, 11) is 0. The van der Waals surface area contributed by atoms with E-state index >= 15 is 0 Å². The molecule has 1 atom stereocenters. The van der Waals surface area contributed by atoms with E-state index in [1.807, 2.05) is 0 Å². The van der Waals surface area contributed by atoms with E-state index in [2.05, 4.69) is 25.2 Å². The highest BCUT2D eigenvalue weighted by atomic mass is 19.4. The number of carbonyl (C=O) groups excluding carboxylic acids is 1. The second-order valence-corrected chi connectivity index (χ2v) is 9.44. The Hall–Kier alpha value is -2.90. The first-order chi connectivity index (χ1) is 17.0. The number of nitrogens with zero attached hydrogens (tertiary/aromatic N) is 6. The van der Waals surface area contributed by atoms with Crippen molar-refractivity contribution in [3.63, 3.8) is 0 Å². The van der Waals surface area contributed by atoms with E-state index in [1.54, 1.807) is 9.47 Å². The Morgan fingerprint density at radius 2 is 1.72 bits per heavy atom. The van der Waals surface area contributed by atoms with Gasteiger partial charge in [-0.15, -0.1) is 0 Å². The first-order valence-corrected chi connectivity index (χ1v) is 11.8. The molecule has 0 radical (unpaired) electrons. The summed E-state index contributed by atoms with van der Waals surface area (Å²) in [5.74, 6) is -2.77. The number of aromatic nitrogens is 4. The van der Waals surface area contributed by atoms with Gasteiger partial charge in [0.1, 0.15) is 23.8 Å². The van der Waals surface area contributed by atoms with Crippen LogP contribution < -0.4 is 10.2 Å². The third-order valence-electron chi connectivity index (χ3n) is 7.12. The first-order valence-electron chi connectivity index (χ1n) is 11.8. The van der Waals surface area contributed by atoms with Gasteiger partial charge in [-0.3, -0.25) is 4.79 Å². The zero-order valence-corrected chi connectivity index (χ0v) is 19.2. The van der Waals surface area contributed by atoms with Crippen molar-refractivity contribution in [2.75, 3.05) is 42.9 Å². The number of imidazole rings is 1. The minimum atomic E-state index is -4.65. The van der Waals surface area contributed by atoms with Gasteiger partial charge in [-0.2, -0.15) is 26.3 Å². The number of hydrogen-bond donors (Lipinski definition) is 1. The van der Waals surface area contributed by atoms with Gasteiger partial charge in [-0.25, -0.2) is 15.0 Å². The third kappa shape index (κ3) is 4.87. The van der Waals surface area contributed by atoms with Crippen molar-refractivity contribution in [3.05, 3.63) is 29.6 Å². The number of alkyl halides is 6. The largest absolute Gasteiger partial charge is 0.434 e. The number of amides is 1. The molecule has 0 bridgehead atoms. The number of halogens is 6. The topological polar surface area (TPSA) is 79.2 Å². The van der Waals surface area contributed by atoms with E-state index in [0.29, 0.717) is 31.8 Å². The summed E-state index contributed by atoms with van der Waals surface area (Å²) in [6, 6.07) is 0. The molecule has 196 valence electrons. The second kappa shape index (κ2) is 9.20. The molecule has 0 unspecified atom stereocenters. The molecule has 8 nitrogen and oxygen atoms in total. The van der Waals surface area contributed by atoms with Gasteiger partial charge < -0.3 is 19.7 Å². The van der Waals surface area contributed by atoms with E-state index in [9.17, 15) is 31.1 Å². The molecule has 0 saturated carbocycles. The monoisotopic (exact) mass is 517 g/mol. The molecule has 5 heterocycles. The summed E-state index contributed by atoms with van der Waals surface area (Å²) >= 11 is 0. The molecule has 1 amide bonds. The van der Waals surface area contributed by atoms with Crippen molar-refractivity contribution in [3.8, 4) is 0 Å². The normalized spacial score (nSPS) is 21.8. The number of anilines is 2. The van der Waals surface area contributed by atoms with Crippen LogP contribution >= 0.6 is 0 Å². The molecule has 2 saturated heterocycles. The fourth-order valence-corrected chi connectivity index (χ4v) is 5.08.